The zero-order valence-corrected chi connectivity index (χ0v) is 19.9. The number of amides is 1. The summed E-state index contributed by atoms with van der Waals surface area (Å²) in [4.78, 5) is 14.8. The van der Waals surface area contributed by atoms with E-state index >= 15 is 0 Å². The van der Waals surface area contributed by atoms with Gasteiger partial charge in [0.1, 0.15) is 10.8 Å². The summed E-state index contributed by atoms with van der Waals surface area (Å²) in [6.45, 7) is 6.05. The van der Waals surface area contributed by atoms with Crippen LogP contribution in [0, 0.1) is 19.7 Å². The SMILES string of the molecule is Cc1ccc(C)c(S(=O)(=O)N2CCN(Cc3nnc(C(=O)Nc4ccc(F)cc4)s3)CC2)c1. The Hall–Kier alpha value is -2.73. The maximum absolute atomic E-state index is 13.1. The largest absolute Gasteiger partial charge is 0.320 e. The van der Waals surface area contributed by atoms with Crippen molar-refractivity contribution in [1.82, 2.24) is 19.4 Å². The molecule has 1 aliphatic heterocycles. The van der Waals surface area contributed by atoms with Gasteiger partial charge in [0.25, 0.3) is 5.91 Å². The number of rotatable bonds is 6. The van der Waals surface area contributed by atoms with Crippen LogP contribution >= 0.6 is 11.3 Å². The van der Waals surface area contributed by atoms with Crippen LogP contribution in [0.4, 0.5) is 10.1 Å². The number of halogens is 1. The first-order valence-corrected chi connectivity index (χ1v) is 12.7. The van der Waals surface area contributed by atoms with Gasteiger partial charge in [-0.05, 0) is 55.3 Å². The lowest BCUT2D eigenvalue weighted by Gasteiger charge is -2.33. The Kier molecular flexibility index (Phi) is 6.84. The molecule has 1 N–H and O–H groups in total. The third-order valence-electron chi connectivity index (χ3n) is 5.41. The first-order chi connectivity index (χ1) is 15.7. The van der Waals surface area contributed by atoms with E-state index < -0.39 is 15.9 Å². The minimum Gasteiger partial charge on any atom is -0.320 e. The van der Waals surface area contributed by atoms with Crippen LogP contribution in [0.15, 0.2) is 47.4 Å². The van der Waals surface area contributed by atoms with Gasteiger partial charge in [0, 0.05) is 31.9 Å². The summed E-state index contributed by atoms with van der Waals surface area (Å²) in [6.07, 6.45) is 0. The Bertz CT molecular complexity index is 1250. The molecule has 0 atom stereocenters. The molecule has 0 unspecified atom stereocenters. The second-order valence-electron chi connectivity index (χ2n) is 7.91. The number of carbonyl (C=O) groups excluding carboxylic acids is 1. The van der Waals surface area contributed by atoms with Crippen molar-refractivity contribution in [2.24, 2.45) is 0 Å². The zero-order chi connectivity index (χ0) is 23.6. The van der Waals surface area contributed by atoms with E-state index in [2.05, 4.69) is 20.4 Å². The Labute approximate surface area is 196 Å². The fourth-order valence-electron chi connectivity index (χ4n) is 3.57. The molecule has 0 spiro atoms. The summed E-state index contributed by atoms with van der Waals surface area (Å²) < 4.78 is 40.7. The highest BCUT2D eigenvalue weighted by Crippen LogP contribution is 2.23. The monoisotopic (exact) mass is 489 g/mol. The first kappa shape index (κ1) is 23.4. The molecule has 33 heavy (non-hydrogen) atoms. The van der Waals surface area contributed by atoms with Crippen molar-refractivity contribution >= 4 is 33.0 Å². The predicted octanol–water partition coefficient (Wildman–Crippen LogP) is 3.05. The molecule has 4 rings (SSSR count). The van der Waals surface area contributed by atoms with Gasteiger partial charge in [0.15, 0.2) is 0 Å². The van der Waals surface area contributed by atoms with Gasteiger partial charge in [-0.3, -0.25) is 9.69 Å². The van der Waals surface area contributed by atoms with Crippen molar-refractivity contribution < 1.29 is 17.6 Å². The van der Waals surface area contributed by atoms with E-state index in [1.165, 1.54) is 39.9 Å². The number of nitrogens with zero attached hydrogens (tertiary/aromatic N) is 4. The number of piperazine rings is 1. The maximum atomic E-state index is 13.1. The molecule has 3 aromatic rings. The molecule has 1 aromatic heterocycles. The quantitative estimate of drug-likeness (QED) is 0.572. The predicted molar refractivity (Wildman–Crippen MR) is 124 cm³/mol. The molecular weight excluding hydrogens is 465 g/mol. The van der Waals surface area contributed by atoms with Crippen LogP contribution < -0.4 is 5.32 Å². The van der Waals surface area contributed by atoms with Crippen molar-refractivity contribution in [2.45, 2.75) is 25.3 Å². The van der Waals surface area contributed by atoms with E-state index in [-0.39, 0.29) is 10.8 Å². The van der Waals surface area contributed by atoms with Crippen molar-refractivity contribution in [3.63, 3.8) is 0 Å². The van der Waals surface area contributed by atoms with Gasteiger partial charge >= 0.3 is 0 Å². The van der Waals surface area contributed by atoms with E-state index in [1.54, 1.807) is 6.07 Å². The number of sulfonamides is 1. The standard InChI is InChI=1S/C22H24FN5O3S2/c1-15-3-4-16(2)19(13-15)33(30,31)28-11-9-27(10-12-28)14-20-25-26-22(32-20)21(29)24-18-7-5-17(23)6-8-18/h3-8,13H,9-12,14H2,1-2H3,(H,24,29). The lowest BCUT2D eigenvalue weighted by Crippen LogP contribution is -2.48. The number of aryl methyl sites for hydroxylation is 2. The van der Waals surface area contributed by atoms with Crippen LogP contribution in [0.2, 0.25) is 0 Å². The van der Waals surface area contributed by atoms with Gasteiger partial charge < -0.3 is 5.32 Å². The van der Waals surface area contributed by atoms with Gasteiger partial charge in [-0.15, -0.1) is 10.2 Å². The molecule has 174 valence electrons. The number of benzene rings is 2. The van der Waals surface area contributed by atoms with E-state index in [0.717, 1.165) is 11.1 Å². The molecule has 0 radical (unpaired) electrons. The minimum absolute atomic E-state index is 0.213. The van der Waals surface area contributed by atoms with Crippen LogP contribution in [0.25, 0.3) is 0 Å². The lowest BCUT2D eigenvalue weighted by atomic mass is 10.2. The number of nitrogens with one attached hydrogen (secondary N) is 1. The van der Waals surface area contributed by atoms with Crippen molar-refractivity contribution in [2.75, 3.05) is 31.5 Å². The van der Waals surface area contributed by atoms with E-state index in [1.807, 2.05) is 26.0 Å². The molecule has 1 aliphatic rings. The molecule has 0 bridgehead atoms. The van der Waals surface area contributed by atoms with E-state index in [0.29, 0.717) is 48.3 Å². The average molecular weight is 490 g/mol. The van der Waals surface area contributed by atoms with E-state index in [9.17, 15) is 17.6 Å². The smallest absolute Gasteiger partial charge is 0.286 e. The lowest BCUT2D eigenvalue weighted by molar-refractivity contribution is 0.102. The van der Waals surface area contributed by atoms with Gasteiger partial charge in [0.05, 0.1) is 11.4 Å². The van der Waals surface area contributed by atoms with E-state index in [4.69, 9.17) is 0 Å². The van der Waals surface area contributed by atoms with Crippen molar-refractivity contribution in [3.8, 4) is 0 Å². The average Bonchev–Trinajstić information content (AvgIpc) is 3.26. The molecule has 1 saturated heterocycles. The molecule has 0 aliphatic carbocycles. The van der Waals surface area contributed by atoms with Gasteiger partial charge in [-0.25, -0.2) is 12.8 Å². The molecule has 1 fully saturated rings. The first-order valence-electron chi connectivity index (χ1n) is 10.4. The van der Waals surface area contributed by atoms with Crippen LogP contribution in [0.5, 0.6) is 0 Å². The van der Waals surface area contributed by atoms with Crippen LogP contribution in [0.3, 0.4) is 0 Å². The second-order valence-corrected chi connectivity index (χ2v) is 10.9. The van der Waals surface area contributed by atoms with Gasteiger partial charge in [0.2, 0.25) is 15.0 Å². The fraction of sp³-hybridized carbons (Fsp3) is 0.318. The number of aromatic nitrogens is 2. The maximum Gasteiger partial charge on any atom is 0.286 e. The zero-order valence-electron chi connectivity index (χ0n) is 18.3. The summed E-state index contributed by atoms with van der Waals surface area (Å²) in [5.41, 5.74) is 2.12. The highest BCUT2D eigenvalue weighted by molar-refractivity contribution is 7.89. The highest BCUT2D eigenvalue weighted by Gasteiger charge is 2.30. The summed E-state index contributed by atoms with van der Waals surface area (Å²) in [5, 5.41) is 11.6. The summed E-state index contributed by atoms with van der Waals surface area (Å²) in [7, 11) is -3.55. The molecule has 11 heteroatoms. The highest BCUT2D eigenvalue weighted by atomic mass is 32.2. The Morgan fingerprint density at radius 3 is 2.45 bits per heavy atom. The third-order valence-corrected chi connectivity index (χ3v) is 8.36. The molecule has 1 amide bonds. The number of anilines is 1. The van der Waals surface area contributed by atoms with Crippen LogP contribution in [0.1, 0.15) is 25.9 Å². The molecule has 2 heterocycles. The van der Waals surface area contributed by atoms with Crippen molar-refractivity contribution in [1.29, 1.82) is 0 Å². The Morgan fingerprint density at radius 1 is 1.06 bits per heavy atom. The minimum atomic E-state index is -3.55. The number of carbonyl (C=O) groups is 1. The van der Waals surface area contributed by atoms with Crippen LogP contribution in [-0.4, -0.2) is 59.9 Å². The fourth-order valence-corrected chi connectivity index (χ4v) is 6.08. The van der Waals surface area contributed by atoms with Crippen molar-refractivity contribution in [3.05, 3.63) is 69.4 Å². The van der Waals surface area contributed by atoms with Crippen LogP contribution in [-0.2, 0) is 16.6 Å². The Balaban J connectivity index is 1.34. The topological polar surface area (TPSA) is 95.5 Å². The van der Waals surface area contributed by atoms with Gasteiger partial charge in [-0.2, -0.15) is 4.31 Å². The molecule has 0 saturated carbocycles. The second kappa shape index (κ2) is 9.64. The Morgan fingerprint density at radius 2 is 1.76 bits per heavy atom. The van der Waals surface area contributed by atoms with Gasteiger partial charge in [-0.1, -0.05) is 23.5 Å². The molecule has 2 aromatic carbocycles. The summed E-state index contributed by atoms with van der Waals surface area (Å²) >= 11 is 1.18. The molecular formula is C22H24FN5O3S2. The summed E-state index contributed by atoms with van der Waals surface area (Å²) in [5.74, 6) is -0.789. The third kappa shape index (κ3) is 5.44. The normalized spacial score (nSPS) is 15.5. The number of hydrogen-bond donors (Lipinski definition) is 1. The summed E-state index contributed by atoms with van der Waals surface area (Å²) in [6, 6.07) is 10.9. The number of hydrogen-bond acceptors (Lipinski definition) is 7. The molecule has 8 nitrogen and oxygen atoms in total.